The Hall–Kier alpha value is -1.22. The lowest BCUT2D eigenvalue weighted by Crippen LogP contribution is -2.39. The molecule has 19 heavy (non-hydrogen) atoms. The minimum atomic E-state index is -0.548. The van der Waals surface area contributed by atoms with Crippen molar-refractivity contribution in [3.8, 4) is 5.75 Å². The topological polar surface area (TPSA) is 29.5 Å². The molecular formula is C15H22ClNO2. The molecule has 0 bridgehead atoms. The van der Waals surface area contributed by atoms with Crippen LogP contribution in [0, 0.1) is 12.3 Å². The number of aryl methyl sites for hydroxylation is 1. The van der Waals surface area contributed by atoms with Gasteiger partial charge in [0.25, 0.3) is 0 Å². The highest BCUT2D eigenvalue weighted by molar-refractivity contribution is 6.19. The third-order valence-corrected chi connectivity index (χ3v) is 3.77. The van der Waals surface area contributed by atoms with Gasteiger partial charge in [0.2, 0.25) is 5.91 Å². The van der Waals surface area contributed by atoms with E-state index in [1.54, 1.807) is 19.1 Å². The molecule has 1 aromatic carbocycles. The zero-order chi connectivity index (χ0) is 14.6. The van der Waals surface area contributed by atoms with Gasteiger partial charge in [-0.3, -0.25) is 4.79 Å². The van der Waals surface area contributed by atoms with Crippen molar-refractivity contribution < 1.29 is 9.53 Å². The summed E-state index contributed by atoms with van der Waals surface area (Å²) >= 11 is 5.85. The van der Waals surface area contributed by atoms with Crippen LogP contribution in [0.1, 0.15) is 25.0 Å². The van der Waals surface area contributed by atoms with E-state index < -0.39 is 5.41 Å². The average molecular weight is 284 g/mol. The number of carbonyl (C=O) groups excluding carboxylic acids is 1. The summed E-state index contributed by atoms with van der Waals surface area (Å²) in [6, 6.07) is 5.96. The number of methoxy groups -OCH3 is 1. The van der Waals surface area contributed by atoms with E-state index in [0.717, 1.165) is 16.9 Å². The molecule has 1 rings (SSSR count). The Balaban J connectivity index is 2.91. The van der Waals surface area contributed by atoms with Crippen LogP contribution in [-0.4, -0.2) is 30.8 Å². The van der Waals surface area contributed by atoms with Crippen molar-refractivity contribution in [3.05, 3.63) is 29.3 Å². The zero-order valence-corrected chi connectivity index (χ0v) is 13.0. The first-order valence-corrected chi connectivity index (χ1v) is 6.80. The molecule has 0 fully saturated rings. The molecule has 0 aromatic heterocycles. The molecule has 0 aliphatic heterocycles. The van der Waals surface area contributed by atoms with E-state index in [1.807, 2.05) is 39.0 Å². The van der Waals surface area contributed by atoms with Crippen molar-refractivity contribution in [1.82, 2.24) is 4.90 Å². The summed E-state index contributed by atoms with van der Waals surface area (Å²) in [5.74, 6) is 1.14. The standard InChI is InChI=1S/C15H22ClNO2/c1-11-6-7-13(19-5)12(8-11)9-17(4)14(18)15(2,3)10-16/h6-8H,9-10H2,1-5H3. The number of hydrogen-bond donors (Lipinski definition) is 0. The quantitative estimate of drug-likeness (QED) is 0.777. The molecule has 4 heteroatoms. The van der Waals surface area contributed by atoms with Crippen molar-refractivity contribution in [2.24, 2.45) is 5.41 Å². The monoisotopic (exact) mass is 283 g/mol. The van der Waals surface area contributed by atoms with Crippen LogP contribution < -0.4 is 4.74 Å². The van der Waals surface area contributed by atoms with Crippen LogP contribution in [-0.2, 0) is 11.3 Å². The first kappa shape index (κ1) is 15.8. The Bertz CT molecular complexity index is 457. The molecule has 0 saturated carbocycles. The SMILES string of the molecule is COc1ccc(C)cc1CN(C)C(=O)C(C)(C)CCl. The maximum atomic E-state index is 12.3. The van der Waals surface area contributed by atoms with E-state index in [-0.39, 0.29) is 5.91 Å². The van der Waals surface area contributed by atoms with Crippen LogP contribution in [0.4, 0.5) is 0 Å². The molecule has 0 saturated heterocycles. The summed E-state index contributed by atoms with van der Waals surface area (Å²) < 4.78 is 5.33. The summed E-state index contributed by atoms with van der Waals surface area (Å²) in [7, 11) is 3.43. The van der Waals surface area contributed by atoms with Crippen LogP contribution in [0.15, 0.2) is 18.2 Å². The van der Waals surface area contributed by atoms with E-state index in [9.17, 15) is 4.79 Å². The maximum Gasteiger partial charge on any atom is 0.229 e. The number of halogens is 1. The van der Waals surface area contributed by atoms with Gasteiger partial charge in [-0.05, 0) is 26.8 Å². The van der Waals surface area contributed by atoms with Gasteiger partial charge in [0, 0.05) is 25.0 Å². The molecule has 106 valence electrons. The smallest absolute Gasteiger partial charge is 0.229 e. The van der Waals surface area contributed by atoms with Gasteiger partial charge in [0.05, 0.1) is 12.5 Å². The summed E-state index contributed by atoms with van der Waals surface area (Å²) in [5.41, 5.74) is 1.60. The molecule has 0 N–H and O–H groups in total. The minimum absolute atomic E-state index is 0.0334. The maximum absolute atomic E-state index is 12.3. The van der Waals surface area contributed by atoms with Crippen molar-refractivity contribution in [2.75, 3.05) is 20.0 Å². The number of alkyl halides is 1. The number of rotatable bonds is 5. The fraction of sp³-hybridized carbons (Fsp3) is 0.533. The normalized spacial score (nSPS) is 11.3. The van der Waals surface area contributed by atoms with Gasteiger partial charge in [-0.2, -0.15) is 0 Å². The fourth-order valence-corrected chi connectivity index (χ4v) is 2.05. The van der Waals surface area contributed by atoms with Crippen molar-refractivity contribution in [2.45, 2.75) is 27.3 Å². The van der Waals surface area contributed by atoms with Crippen LogP contribution in [0.2, 0.25) is 0 Å². The molecule has 0 unspecified atom stereocenters. The van der Waals surface area contributed by atoms with Gasteiger partial charge in [0.15, 0.2) is 0 Å². The van der Waals surface area contributed by atoms with Gasteiger partial charge in [0.1, 0.15) is 5.75 Å². The summed E-state index contributed by atoms with van der Waals surface area (Å²) in [4.78, 5) is 14.0. The Kier molecular flexibility index (Phi) is 5.24. The Morgan fingerprint density at radius 2 is 2.05 bits per heavy atom. The Morgan fingerprint density at radius 1 is 1.42 bits per heavy atom. The summed E-state index contributed by atoms with van der Waals surface area (Å²) in [5, 5.41) is 0. The van der Waals surface area contributed by atoms with E-state index >= 15 is 0 Å². The van der Waals surface area contributed by atoms with E-state index in [2.05, 4.69) is 0 Å². The summed E-state index contributed by atoms with van der Waals surface area (Å²) in [6.07, 6.45) is 0. The number of carbonyl (C=O) groups is 1. The van der Waals surface area contributed by atoms with Crippen LogP contribution in [0.3, 0.4) is 0 Å². The second-order valence-electron chi connectivity index (χ2n) is 5.49. The van der Waals surface area contributed by atoms with E-state index in [0.29, 0.717) is 12.4 Å². The second kappa shape index (κ2) is 6.29. The molecule has 0 heterocycles. The number of benzene rings is 1. The fourth-order valence-electron chi connectivity index (χ4n) is 1.93. The average Bonchev–Trinajstić information content (AvgIpc) is 2.38. The van der Waals surface area contributed by atoms with Crippen LogP contribution in [0.25, 0.3) is 0 Å². The minimum Gasteiger partial charge on any atom is -0.496 e. The molecule has 0 aliphatic carbocycles. The molecule has 0 spiro atoms. The third-order valence-electron chi connectivity index (χ3n) is 3.10. The molecule has 1 aromatic rings. The van der Waals surface area contributed by atoms with Gasteiger partial charge >= 0.3 is 0 Å². The van der Waals surface area contributed by atoms with Gasteiger partial charge in [-0.1, -0.05) is 17.7 Å². The molecule has 0 aliphatic rings. The number of hydrogen-bond acceptors (Lipinski definition) is 2. The number of ether oxygens (including phenoxy) is 1. The van der Waals surface area contributed by atoms with E-state index in [1.165, 1.54) is 0 Å². The van der Waals surface area contributed by atoms with Crippen molar-refractivity contribution >= 4 is 17.5 Å². The highest BCUT2D eigenvalue weighted by Crippen LogP contribution is 2.24. The van der Waals surface area contributed by atoms with Crippen molar-refractivity contribution in [3.63, 3.8) is 0 Å². The predicted octanol–water partition coefficient (Wildman–Crippen LogP) is 3.23. The van der Waals surface area contributed by atoms with Crippen molar-refractivity contribution in [1.29, 1.82) is 0 Å². The van der Waals surface area contributed by atoms with E-state index in [4.69, 9.17) is 16.3 Å². The summed E-state index contributed by atoms with van der Waals surface area (Å²) in [6.45, 7) is 6.25. The van der Waals surface area contributed by atoms with Gasteiger partial charge in [-0.25, -0.2) is 0 Å². The number of nitrogens with zero attached hydrogens (tertiary/aromatic N) is 1. The van der Waals surface area contributed by atoms with Gasteiger partial charge < -0.3 is 9.64 Å². The lowest BCUT2D eigenvalue weighted by atomic mass is 9.94. The third kappa shape index (κ3) is 3.87. The zero-order valence-electron chi connectivity index (χ0n) is 12.3. The molecule has 1 amide bonds. The second-order valence-corrected chi connectivity index (χ2v) is 5.76. The Morgan fingerprint density at radius 3 is 2.58 bits per heavy atom. The van der Waals surface area contributed by atoms with Gasteiger partial charge in [-0.15, -0.1) is 11.6 Å². The first-order valence-electron chi connectivity index (χ1n) is 6.27. The lowest BCUT2D eigenvalue weighted by molar-refractivity contribution is -0.138. The Labute approximate surface area is 120 Å². The van der Waals surface area contributed by atoms with Crippen LogP contribution >= 0.6 is 11.6 Å². The number of amides is 1. The highest BCUT2D eigenvalue weighted by atomic mass is 35.5. The molecule has 0 radical (unpaired) electrons. The largest absolute Gasteiger partial charge is 0.496 e. The molecule has 3 nitrogen and oxygen atoms in total. The highest BCUT2D eigenvalue weighted by Gasteiger charge is 2.29. The lowest BCUT2D eigenvalue weighted by Gasteiger charge is -2.28. The first-order chi connectivity index (χ1) is 8.81. The molecular weight excluding hydrogens is 262 g/mol. The molecule has 0 atom stereocenters. The predicted molar refractivity (Wildman–Crippen MR) is 78.7 cm³/mol. The van der Waals surface area contributed by atoms with Crippen LogP contribution in [0.5, 0.6) is 5.75 Å².